The fourth-order valence-corrected chi connectivity index (χ4v) is 1.87. The number of benzene rings is 1. The van der Waals surface area contributed by atoms with Gasteiger partial charge in [0.05, 0.1) is 17.5 Å². The molecule has 0 aromatic heterocycles. The van der Waals surface area contributed by atoms with Crippen molar-refractivity contribution < 1.29 is 4.74 Å². The molecule has 0 amide bonds. The Bertz CT molecular complexity index is 361. The molecule has 2 N–H and O–H groups in total. The number of hydrogen-bond donors (Lipinski definition) is 1. The summed E-state index contributed by atoms with van der Waals surface area (Å²) in [6, 6.07) is 5.94. The maximum absolute atomic E-state index is 6.14. The lowest BCUT2D eigenvalue weighted by Crippen LogP contribution is -2.23. The molecule has 0 aliphatic rings. The van der Waals surface area contributed by atoms with E-state index in [1.54, 1.807) is 0 Å². The third kappa shape index (κ3) is 3.84. The average molecular weight is 236 g/mol. The smallest absolute Gasteiger partial charge is 0.144 e. The molecule has 3 nitrogen and oxygen atoms in total. The van der Waals surface area contributed by atoms with Gasteiger partial charge in [0.15, 0.2) is 0 Å². The zero-order valence-corrected chi connectivity index (χ0v) is 11.5. The Morgan fingerprint density at radius 3 is 2.41 bits per heavy atom. The standard InChI is InChI=1S/C14H24N2O/c1-10(2)9-16(5)12-7-6-8-13(14(12)15)17-11(3)4/h6-8,10-11H,9,15H2,1-5H3. The van der Waals surface area contributed by atoms with E-state index < -0.39 is 0 Å². The molecule has 1 rings (SSSR count). The maximum Gasteiger partial charge on any atom is 0.144 e. The Balaban J connectivity index is 2.93. The minimum absolute atomic E-state index is 0.142. The third-order valence-electron chi connectivity index (χ3n) is 2.46. The zero-order chi connectivity index (χ0) is 13.0. The van der Waals surface area contributed by atoms with Crippen molar-refractivity contribution in [2.24, 2.45) is 5.92 Å². The molecule has 0 aliphatic carbocycles. The molecule has 0 unspecified atom stereocenters. The number of nitrogens with two attached hydrogens (primary N) is 1. The van der Waals surface area contributed by atoms with E-state index >= 15 is 0 Å². The molecule has 0 spiro atoms. The van der Waals surface area contributed by atoms with Crippen LogP contribution in [0.5, 0.6) is 5.75 Å². The largest absolute Gasteiger partial charge is 0.489 e. The topological polar surface area (TPSA) is 38.5 Å². The van der Waals surface area contributed by atoms with Gasteiger partial charge in [-0.3, -0.25) is 0 Å². The summed E-state index contributed by atoms with van der Waals surface area (Å²) in [5.41, 5.74) is 7.91. The van der Waals surface area contributed by atoms with Crippen LogP contribution in [-0.4, -0.2) is 19.7 Å². The first kappa shape index (κ1) is 13.7. The van der Waals surface area contributed by atoms with E-state index in [-0.39, 0.29) is 6.10 Å². The monoisotopic (exact) mass is 236 g/mol. The Hall–Kier alpha value is -1.38. The number of hydrogen-bond acceptors (Lipinski definition) is 3. The highest BCUT2D eigenvalue weighted by Gasteiger charge is 2.11. The second-order valence-electron chi connectivity index (χ2n) is 5.13. The SMILES string of the molecule is CC(C)CN(C)c1cccc(OC(C)C)c1N. The highest BCUT2D eigenvalue weighted by atomic mass is 16.5. The molecule has 0 aliphatic heterocycles. The van der Waals surface area contributed by atoms with Crippen LogP contribution < -0.4 is 15.4 Å². The van der Waals surface area contributed by atoms with Crippen molar-refractivity contribution in [3.8, 4) is 5.75 Å². The molecule has 0 bridgehead atoms. The van der Waals surface area contributed by atoms with Crippen LogP contribution in [0.15, 0.2) is 18.2 Å². The predicted molar refractivity (Wildman–Crippen MR) is 74.7 cm³/mol. The minimum atomic E-state index is 0.142. The molecule has 1 aromatic rings. The van der Waals surface area contributed by atoms with Crippen molar-refractivity contribution in [3.05, 3.63) is 18.2 Å². The molecule has 96 valence electrons. The molecular weight excluding hydrogens is 212 g/mol. The van der Waals surface area contributed by atoms with E-state index in [0.29, 0.717) is 5.92 Å². The quantitative estimate of drug-likeness (QED) is 0.798. The van der Waals surface area contributed by atoms with Gasteiger partial charge in [-0.15, -0.1) is 0 Å². The van der Waals surface area contributed by atoms with Gasteiger partial charge in [-0.1, -0.05) is 19.9 Å². The normalized spacial score (nSPS) is 11.0. The summed E-state index contributed by atoms with van der Waals surface area (Å²) in [6.45, 7) is 9.38. The number of para-hydroxylation sites is 1. The van der Waals surface area contributed by atoms with Crippen LogP contribution in [0.1, 0.15) is 27.7 Å². The fraction of sp³-hybridized carbons (Fsp3) is 0.571. The van der Waals surface area contributed by atoms with Crippen molar-refractivity contribution in [2.75, 3.05) is 24.2 Å². The van der Waals surface area contributed by atoms with E-state index in [0.717, 1.165) is 23.7 Å². The molecule has 1 aromatic carbocycles. The van der Waals surface area contributed by atoms with Gasteiger partial charge in [0, 0.05) is 13.6 Å². The Morgan fingerprint density at radius 2 is 1.88 bits per heavy atom. The summed E-state index contributed by atoms with van der Waals surface area (Å²) >= 11 is 0. The first-order chi connectivity index (χ1) is 7.91. The summed E-state index contributed by atoms with van der Waals surface area (Å²) in [5, 5.41) is 0. The van der Waals surface area contributed by atoms with Crippen molar-refractivity contribution in [1.82, 2.24) is 0 Å². The van der Waals surface area contributed by atoms with Gasteiger partial charge < -0.3 is 15.4 Å². The fourth-order valence-electron chi connectivity index (χ4n) is 1.87. The van der Waals surface area contributed by atoms with Crippen LogP contribution in [0.25, 0.3) is 0 Å². The van der Waals surface area contributed by atoms with Gasteiger partial charge in [-0.05, 0) is 31.9 Å². The van der Waals surface area contributed by atoms with Gasteiger partial charge in [-0.2, -0.15) is 0 Å². The van der Waals surface area contributed by atoms with E-state index in [1.165, 1.54) is 0 Å². The molecule has 0 radical (unpaired) electrons. The van der Waals surface area contributed by atoms with E-state index in [4.69, 9.17) is 10.5 Å². The number of ether oxygens (including phenoxy) is 1. The van der Waals surface area contributed by atoms with Crippen LogP contribution in [-0.2, 0) is 0 Å². The van der Waals surface area contributed by atoms with Gasteiger partial charge in [0.2, 0.25) is 0 Å². The van der Waals surface area contributed by atoms with Crippen molar-refractivity contribution in [1.29, 1.82) is 0 Å². The van der Waals surface area contributed by atoms with Crippen LogP contribution >= 0.6 is 0 Å². The molecule has 17 heavy (non-hydrogen) atoms. The molecule has 0 saturated heterocycles. The number of nitrogens with zero attached hydrogens (tertiary/aromatic N) is 1. The highest BCUT2D eigenvalue weighted by Crippen LogP contribution is 2.32. The Morgan fingerprint density at radius 1 is 1.24 bits per heavy atom. The molecule has 3 heteroatoms. The van der Waals surface area contributed by atoms with Gasteiger partial charge in [-0.25, -0.2) is 0 Å². The van der Waals surface area contributed by atoms with E-state index in [2.05, 4.69) is 25.8 Å². The average Bonchev–Trinajstić information content (AvgIpc) is 2.19. The molecule has 0 atom stereocenters. The summed E-state index contributed by atoms with van der Waals surface area (Å²) in [6.07, 6.45) is 0.142. The number of rotatable bonds is 5. The summed E-state index contributed by atoms with van der Waals surface area (Å²) in [7, 11) is 2.06. The molecule has 0 heterocycles. The zero-order valence-electron chi connectivity index (χ0n) is 11.5. The van der Waals surface area contributed by atoms with Gasteiger partial charge >= 0.3 is 0 Å². The summed E-state index contributed by atoms with van der Waals surface area (Å²) in [5.74, 6) is 1.38. The van der Waals surface area contributed by atoms with Crippen molar-refractivity contribution in [3.63, 3.8) is 0 Å². The van der Waals surface area contributed by atoms with Gasteiger partial charge in [0.25, 0.3) is 0 Å². The molecular formula is C14H24N2O. The second kappa shape index (κ2) is 5.80. The van der Waals surface area contributed by atoms with E-state index in [1.807, 2.05) is 32.0 Å². The summed E-state index contributed by atoms with van der Waals surface area (Å²) < 4.78 is 5.69. The van der Waals surface area contributed by atoms with Crippen LogP contribution in [0, 0.1) is 5.92 Å². The lowest BCUT2D eigenvalue weighted by molar-refractivity contribution is 0.244. The molecule has 0 saturated carbocycles. The Kier molecular flexibility index (Phi) is 4.67. The van der Waals surface area contributed by atoms with Crippen LogP contribution in [0.2, 0.25) is 0 Å². The predicted octanol–water partition coefficient (Wildman–Crippen LogP) is 3.15. The first-order valence-electron chi connectivity index (χ1n) is 6.18. The first-order valence-corrected chi connectivity index (χ1v) is 6.18. The maximum atomic E-state index is 6.14. The third-order valence-corrected chi connectivity index (χ3v) is 2.46. The van der Waals surface area contributed by atoms with Crippen molar-refractivity contribution >= 4 is 11.4 Å². The highest BCUT2D eigenvalue weighted by molar-refractivity contribution is 5.73. The Labute approximate surface area is 105 Å². The van der Waals surface area contributed by atoms with Crippen LogP contribution in [0.3, 0.4) is 0 Å². The summed E-state index contributed by atoms with van der Waals surface area (Å²) in [4.78, 5) is 2.17. The van der Waals surface area contributed by atoms with Gasteiger partial charge in [0.1, 0.15) is 5.75 Å². The number of anilines is 2. The second-order valence-corrected chi connectivity index (χ2v) is 5.13. The number of nitrogen functional groups attached to an aromatic ring is 1. The lowest BCUT2D eigenvalue weighted by atomic mass is 10.1. The van der Waals surface area contributed by atoms with Crippen LogP contribution in [0.4, 0.5) is 11.4 Å². The lowest BCUT2D eigenvalue weighted by Gasteiger charge is -2.24. The molecule has 0 fully saturated rings. The minimum Gasteiger partial charge on any atom is -0.489 e. The van der Waals surface area contributed by atoms with E-state index in [9.17, 15) is 0 Å². The van der Waals surface area contributed by atoms with Crippen molar-refractivity contribution in [2.45, 2.75) is 33.8 Å².